The third kappa shape index (κ3) is 2.46. The number of aromatic nitrogens is 4. The normalized spacial score (nSPS) is 12.2. The summed E-state index contributed by atoms with van der Waals surface area (Å²) in [7, 11) is 0. The van der Waals surface area contributed by atoms with Crippen molar-refractivity contribution in [2.24, 2.45) is 0 Å². The van der Waals surface area contributed by atoms with Crippen LogP contribution in [0.4, 0.5) is 0 Å². The minimum Gasteiger partial charge on any atom is -0.481 e. The minimum atomic E-state index is -0.815. The van der Waals surface area contributed by atoms with Gasteiger partial charge in [0.05, 0.1) is 18.3 Å². The molecule has 92 valence electrons. The van der Waals surface area contributed by atoms with Gasteiger partial charge in [-0.05, 0) is 0 Å². The van der Waals surface area contributed by atoms with E-state index in [1.165, 1.54) is 0 Å². The van der Waals surface area contributed by atoms with Gasteiger partial charge in [-0.2, -0.15) is 4.98 Å². The van der Waals surface area contributed by atoms with E-state index in [4.69, 9.17) is 5.11 Å². The van der Waals surface area contributed by atoms with Gasteiger partial charge < -0.3 is 5.11 Å². The van der Waals surface area contributed by atoms with E-state index < -0.39 is 5.97 Å². The van der Waals surface area contributed by atoms with Crippen molar-refractivity contribution in [1.29, 1.82) is 0 Å². The highest BCUT2D eigenvalue weighted by Crippen LogP contribution is 2.18. The van der Waals surface area contributed by atoms with Gasteiger partial charge in [-0.1, -0.05) is 20.8 Å². The fraction of sp³-hybridized carbons (Fsp3) is 0.545. The quantitative estimate of drug-likeness (QED) is 0.843. The van der Waals surface area contributed by atoms with Gasteiger partial charge in [0.25, 0.3) is 5.78 Å². The zero-order chi connectivity index (χ0) is 12.6. The van der Waals surface area contributed by atoms with Crippen LogP contribution in [0, 0.1) is 0 Å². The Morgan fingerprint density at radius 2 is 2.18 bits per heavy atom. The predicted molar refractivity (Wildman–Crippen MR) is 62.0 cm³/mol. The summed E-state index contributed by atoms with van der Waals surface area (Å²) in [6.45, 7) is 6.20. The number of aromatic amines is 1. The van der Waals surface area contributed by atoms with Gasteiger partial charge in [0, 0.05) is 11.8 Å². The summed E-state index contributed by atoms with van der Waals surface area (Å²) in [4.78, 5) is 19.1. The maximum Gasteiger partial charge on any atom is 0.303 e. The molecule has 6 heteroatoms. The molecule has 2 aromatic rings. The summed E-state index contributed by atoms with van der Waals surface area (Å²) in [5.74, 6) is 0.644. The molecule has 0 amide bonds. The highest BCUT2D eigenvalue weighted by molar-refractivity contribution is 5.67. The number of fused-ring (bicyclic) bond motifs is 1. The largest absolute Gasteiger partial charge is 0.481 e. The van der Waals surface area contributed by atoms with Gasteiger partial charge in [-0.3, -0.25) is 9.89 Å². The number of H-pyrrole nitrogens is 1. The van der Waals surface area contributed by atoms with E-state index in [-0.39, 0.29) is 11.8 Å². The number of aliphatic carboxylic acids is 1. The molecule has 0 aliphatic rings. The number of carboxylic acid groups (broad SMARTS) is 1. The van der Waals surface area contributed by atoms with E-state index in [0.717, 1.165) is 11.5 Å². The molecule has 2 N–H and O–H groups in total. The zero-order valence-electron chi connectivity index (χ0n) is 10.2. The predicted octanol–water partition coefficient (Wildman–Crippen LogP) is 1.37. The molecule has 2 rings (SSSR count). The first-order chi connectivity index (χ1) is 7.86. The van der Waals surface area contributed by atoms with E-state index in [1.54, 1.807) is 10.7 Å². The monoisotopic (exact) mass is 236 g/mol. The van der Waals surface area contributed by atoms with Crippen LogP contribution in [-0.2, 0) is 16.6 Å². The van der Waals surface area contributed by atoms with Crippen LogP contribution in [0.5, 0.6) is 0 Å². The summed E-state index contributed by atoms with van der Waals surface area (Å²) in [5.41, 5.74) is 0.689. The first kappa shape index (κ1) is 11.6. The lowest BCUT2D eigenvalue weighted by Crippen LogP contribution is -2.13. The summed E-state index contributed by atoms with van der Waals surface area (Å²) in [6, 6.07) is 0. The van der Waals surface area contributed by atoms with Crippen LogP contribution < -0.4 is 0 Å². The lowest BCUT2D eigenvalue weighted by molar-refractivity contribution is -0.136. The van der Waals surface area contributed by atoms with Gasteiger partial charge in [0.1, 0.15) is 5.82 Å². The number of nitrogens with one attached hydrogen (secondary N) is 1. The first-order valence-electron chi connectivity index (χ1n) is 5.52. The molecule has 0 bridgehead atoms. The number of imidazole rings is 1. The number of aryl methyl sites for hydroxylation is 1. The third-order valence-corrected chi connectivity index (χ3v) is 2.48. The van der Waals surface area contributed by atoms with E-state index in [2.05, 4.69) is 35.8 Å². The molecular weight excluding hydrogens is 220 g/mol. The molecule has 0 aliphatic heterocycles. The Morgan fingerprint density at radius 1 is 1.47 bits per heavy atom. The maximum absolute atomic E-state index is 10.5. The van der Waals surface area contributed by atoms with Gasteiger partial charge >= 0.3 is 5.97 Å². The molecular formula is C11H16N4O2. The number of nitrogens with zero attached hydrogens (tertiary/aromatic N) is 3. The molecule has 0 saturated carbocycles. The fourth-order valence-corrected chi connectivity index (χ4v) is 1.51. The van der Waals surface area contributed by atoms with Crippen LogP contribution in [0.3, 0.4) is 0 Å². The standard InChI is InChI=1S/C11H16N4O2/c1-11(2,3)9-13-10-12-7(4-5-8(16)17)6-15(10)14-9/h6H,4-5H2,1-3H3,(H,16,17)(H,12,13,14). The number of hydrogen-bond acceptors (Lipinski definition) is 3. The molecule has 0 unspecified atom stereocenters. The van der Waals surface area contributed by atoms with Gasteiger partial charge in [-0.25, -0.2) is 9.50 Å². The van der Waals surface area contributed by atoms with Crippen molar-refractivity contribution in [3.63, 3.8) is 0 Å². The molecule has 0 saturated heterocycles. The molecule has 0 fully saturated rings. The third-order valence-electron chi connectivity index (χ3n) is 2.48. The molecule has 0 atom stereocenters. The van der Waals surface area contributed by atoms with E-state index in [1.807, 2.05) is 0 Å². The second kappa shape index (κ2) is 3.87. The molecule has 2 heterocycles. The van der Waals surface area contributed by atoms with Crippen molar-refractivity contribution in [3.05, 3.63) is 17.7 Å². The Bertz CT molecular complexity index is 516. The van der Waals surface area contributed by atoms with Crippen LogP contribution in [-0.4, -0.2) is 30.7 Å². The Balaban J connectivity index is 2.23. The molecule has 0 aliphatic carbocycles. The smallest absolute Gasteiger partial charge is 0.303 e. The molecule has 0 spiro atoms. The van der Waals surface area contributed by atoms with Gasteiger partial charge in [-0.15, -0.1) is 0 Å². The SMILES string of the molecule is CC(C)(C)c1nc2nc(CCC(=O)O)cn2[nH]1. The molecule has 0 radical (unpaired) electrons. The van der Waals surface area contributed by atoms with Gasteiger partial charge in [0.2, 0.25) is 0 Å². The van der Waals surface area contributed by atoms with E-state index >= 15 is 0 Å². The topological polar surface area (TPSA) is 83.3 Å². The number of hydrogen-bond donors (Lipinski definition) is 2. The van der Waals surface area contributed by atoms with Crippen LogP contribution in [0.2, 0.25) is 0 Å². The fourth-order valence-electron chi connectivity index (χ4n) is 1.51. The molecule has 0 aromatic carbocycles. The van der Waals surface area contributed by atoms with Crippen molar-refractivity contribution in [2.45, 2.75) is 39.0 Å². The van der Waals surface area contributed by atoms with Crippen LogP contribution >= 0.6 is 0 Å². The number of carbonyl (C=O) groups is 1. The number of rotatable bonds is 3. The first-order valence-corrected chi connectivity index (χ1v) is 5.52. The highest BCUT2D eigenvalue weighted by Gasteiger charge is 2.19. The Labute approximate surface area is 98.7 Å². The Kier molecular flexibility index (Phi) is 2.65. The maximum atomic E-state index is 10.5. The average Bonchev–Trinajstić information content (AvgIpc) is 2.69. The average molecular weight is 236 g/mol. The van der Waals surface area contributed by atoms with Crippen molar-refractivity contribution in [1.82, 2.24) is 19.6 Å². The Morgan fingerprint density at radius 3 is 2.71 bits per heavy atom. The lowest BCUT2D eigenvalue weighted by atomic mass is 9.96. The van der Waals surface area contributed by atoms with E-state index in [9.17, 15) is 4.79 Å². The summed E-state index contributed by atoms with van der Waals surface area (Å²) in [5, 5.41) is 11.7. The Hall–Kier alpha value is -1.85. The minimum absolute atomic E-state index is 0.0536. The highest BCUT2D eigenvalue weighted by atomic mass is 16.4. The summed E-state index contributed by atoms with van der Waals surface area (Å²) >= 11 is 0. The summed E-state index contributed by atoms with van der Waals surface area (Å²) in [6.07, 6.45) is 2.31. The van der Waals surface area contributed by atoms with Crippen LogP contribution in [0.15, 0.2) is 6.20 Å². The number of carboxylic acids is 1. The second-order valence-electron chi connectivity index (χ2n) is 5.12. The molecule has 17 heavy (non-hydrogen) atoms. The zero-order valence-corrected chi connectivity index (χ0v) is 10.2. The van der Waals surface area contributed by atoms with Crippen LogP contribution in [0.1, 0.15) is 38.7 Å². The van der Waals surface area contributed by atoms with Crippen LogP contribution in [0.25, 0.3) is 5.78 Å². The van der Waals surface area contributed by atoms with E-state index in [0.29, 0.717) is 12.2 Å². The molecule has 6 nitrogen and oxygen atoms in total. The summed E-state index contributed by atoms with van der Waals surface area (Å²) < 4.78 is 1.73. The lowest BCUT2D eigenvalue weighted by Gasteiger charge is -2.13. The van der Waals surface area contributed by atoms with Crippen molar-refractivity contribution in [3.8, 4) is 0 Å². The van der Waals surface area contributed by atoms with Crippen molar-refractivity contribution in [2.75, 3.05) is 0 Å². The van der Waals surface area contributed by atoms with Gasteiger partial charge in [0.15, 0.2) is 0 Å². The van der Waals surface area contributed by atoms with Crippen molar-refractivity contribution >= 4 is 11.7 Å². The molecule has 2 aromatic heterocycles. The second-order valence-corrected chi connectivity index (χ2v) is 5.12. The van der Waals surface area contributed by atoms with Crippen molar-refractivity contribution < 1.29 is 9.90 Å².